The standard InChI is InChI=1S/C21H18N2O3/c1-15-6-5-7-18(14-15)22-20(24)16-10-12-17(13-11-16)23-21(25)26-19-8-3-2-4-9-19/h2-14H,1H3,(H,22,24)(H,23,25). The molecule has 3 aromatic rings. The highest BCUT2D eigenvalue weighted by atomic mass is 16.6. The number of carbonyl (C=O) groups excluding carboxylic acids is 2. The topological polar surface area (TPSA) is 67.4 Å². The fourth-order valence-corrected chi connectivity index (χ4v) is 2.37. The summed E-state index contributed by atoms with van der Waals surface area (Å²) in [6, 6.07) is 23.0. The zero-order valence-corrected chi connectivity index (χ0v) is 14.2. The van der Waals surface area contributed by atoms with Crippen LogP contribution in [-0.4, -0.2) is 12.0 Å². The molecular formula is C21H18N2O3. The molecule has 3 rings (SSSR count). The van der Waals surface area contributed by atoms with Crippen LogP contribution in [0.3, 0.4) is 0 Å². The van der Waals surface area contributed by atoms with Gasteiger partial charge in [0.1, 0.15) is 5.75 Å². The zero-order valence-electron chi connectivity index (χ0n) is 14.2. The van der Waals surface area contributed by atoms with Crippen molar-refractivity contribution >= 4 is 23.4 Å². The largest absolute Gasteiger partial charge is 0.417 e. The van der Waals surface area contributed by atoms with Crippen molar-refractivity contribution in [2.75, 3.05) is 10.6 Å². The Kier molecular flexibility index (Phi) is 5.29. The number of aryl methyl sites for hydroxylation is 1. The lowest BCUT2D eigenvalue weighted by Gasteiger charge is -2.08. The first-order valence-electron chi connectivity index (χ1n) is 8.12. The van der Waals surface area contributed by atoms with Gasteiger partial charge in [-0.3, -0.25) is 10.1 Å². The Hall–Kier alpha value is -3.60. The first kappa shape index (κ1) is 17.2. The summed E-state index contributed by atoms with van der Waals surface area (Å²) in [6.07, 6.45) is -0.590. The van der Waals surface area contributed by atoms with Crippen LogP contribution in [-0.2, 0) is 0 Å². The maximum absolute atomic E-state index is 12.3. The quantitative estimate of drug-likeness (QED) is 0.709. The van der Waals surface area contributed by atoms with Gasteiger partial charge in [-0.2, -0.15) is 0 Å². The summed E-state index contributed by atoms with van der Waals surface area (Å²) in [5.41, 5.74) is 2.84. The van der Waals surface area contributed by atoms with Crippen molar-refractivity contribution in [1.29, 1.82) is 0 Å². The van der Waals surface area contributed by atoms with Crippen molar-refractivity contribution in [2.24, 2.45) is 0 Å². The second kappa shape index (κ2) is 7.98. The van der Waals surface area contributed by atoms with Gasteiger partial charge in [0.15, 0.2) is 0 Å². The SMILES string of the molecule is Cc1cccc(NC(=O)c2ccc(NC(=O)Oc3ccccc3)cc2)c1. The normalized spacial score (nSPS) is 10.0. The van der Waals surface area contributed by atoms with Crippen LogP contribution in [0.25, 0.3) is 0 Å². The second-order valence-corrected chi connectivity index (χ2v) is 5.73. The number of hydrogen-bond acceptors (Lipinski definition) is 3. The van der Waals surface area contributed by atoms with Gasteiger partial charge in [0.25, 0.3) is 5.91 Å². The van der Waals surface area contributed by atoms with E-state index in [4.69, 9.17) is 4.74 Å². The van der Waals surface area contributed by atoms with Crippen LogP contribution in [0.15, 0.2) is 78.9 Å². The number of ether oxygens (including phenoxy) is 1. The van der Waals surface area contributed by atoms with Gasteiger partial charge in [-0.15, -0.1) is 0 Å². The van der Waals surface area contributed by atoms with Crippen LogP contribution < -0.4 is 15.4 Å². The smallest absolute Gasteiger partial charge is 0.410 e. The molecule has 0 bridgehead atoms. The Balaban J connectivity index is 1.59. The van der Waals surface area contributed by atoms with Crippen LogP contribution in [0, 0.1) is 6.92 Å². The Bertz CT molecular complexity index is 906. The lowest BCUT2D eigenvalue weighted by Crippen LogP contribution is -2.17. The molecule has 0 unspecified atom stereocenters. The molecule has 0 radical (unpaired) electrons. The van der Waals surface area contributed by atoms with Crippen molar-refractivity contribution < 1.29 is 14.3 Å². The average molecular weight is 346 g/mol. The van der Waals surface area contributed by atoms with Crippen LogP contribution in [0.2, 0.25) is 0 Å². The molecule has 0 fully saturated rings. The number of amides is 2. The molecule has 0 atom stereocenters. The minimum Gasteiger partial charge on any atom is -0.410 e. The van der Waals surface area contributed by atoms with Crippen LogP contribution in [0.4, 0.5) is 16.2 Å². The van der Waals surface area contributed by atoms with E-state index in [1.54, 1.807) is 48.5 Å². The molecule has 0 aromatic heterocycles. The fraction of sp³-hybridized carbons (Fsp3) is 0.0476. The van der Waals surface area contributed by atoms with E-state index in [0.29, 0.717) is 17.0 Å². The average Bonchev–Trinajstić information content (AvgIpc) is 2.63. The highest BCUT2D eigenvalue weighted by Gasteiger charge is 2.08. The van der Waals surface area contributed by atoms with E-state index < -0.39 is 6.09 Å². The molecule has 0 saturated heterocycles. The molecule has 130 valence electrons. The predicted octanol–water partition coefficient (Wildman–Crippen LogP) is 4.86. The van der Waals surface area contributed by atoms with E-state index in [1.807, 2.05) is 37.3 Å². The summed E-state index contributed by atoms with van der Waals surface area (Å²) in [5, 5.41) is 5.46. The van der Waals surface area contributed by atoms with Crippen molar-refractivity contribution in [2.45, 2.75) is 6.92 Å². The third kappa shape index (κ3) is 4.70. The lowest BCUT2D eigenvalue weighted by atomic mass is 10.1. The highest BCUT2D eigenvalue weighted by Crippen LogP contribution is 2.15. The Morgan fingerprint density at radius 1 is 0.769 bits per heavy atom. The maximum Gasteiger partial charge on any atom is 0.417 e. The van der Waals surface area contributed by atoms with Gasteiger partial charge in [-0.25, -0.2) is 4.79 Å². The Morgan fingerprint density at radius 2 is 1.50 bits per heavy atom. The van der Waals surface area contributed by atoms with E-state index in [-0.39, 0.29) is 5.91 Å². The van der Waals surface area contributed by atoms with Gasteiger partial charge in [-0.05, 0) is 61.0 Å². The minimum absolute atomic E-state index is 0.214. The Morgan fingerprint density at radius 3 is 2.19 bits per heavy atom. The molecule has 2 amide bonds. The van der Waals surface area contributed by atoms with Crippen molar-refractivity contribution in [3.8, 4) is 5.75 Å². The third-order valence-corrected chi connectivity index (χ3v) is 3.62. The van der Waals surface area contributed by atoms with E-state index >= 15 is 0 Å². The lowest BCUT2D eigenvalue weighted by molar-refractivity contribution is 0.102. The molecule has 2 N–H and O–H groups in total. The number of hydrogen-bond donors (Lipinski definition) is 2. The molecule has 0 aliphatic heterocycles. The van der Waals surface area contributed by atoms with Gasteiger partial charge < -0.3 is 10.1 Å². The highest BCUT2D eigenvalue weighted by molar-refractivity contribution is 6.04. The van der Waals surface area contributed by atoms with Crippen LogP contribution >= 0.6 is 0 Å². The molecule has 3 aromatic carbocycles. The van der Waals surface area contributed by atoms with Gasteiger partial charge in [0.2, 0.25) is 0 Å². The molecular weight excluding hydrogens is 328 g/mol. The van der Waals surface area contributed by atoms with Crippen LogP contribution in [0.1, 0.15) is 15.9 Å². The number of anilines is 2. The zero-order chi connectivity index (χ0) is 18.4. The molecule has 0 aliphatic carbocycles. The third-order valence-electron chi connectivity index (χ3n) is 3.62. The summed E-state index contributed by atoms with van der Waals surface area (Å²) in [5.74, 6) is 0.244. The summed E-state index contributed by atoms with van der Waals surface area (Å²) in [4.78, 5) is 24.1. The number of para-hydroxylation sites is 1. The fourth-order valence-electron chi connectivity index (χ4n) is 2.37. The summed E-state index contributed by atoms with van der Waals surface area (Å²) >= 11 is 0. The molecule has 5 nitrogen and oxygen atoms in total. The van der Waals surface area contributed by atoms with Crippen molar-refractivity contribution in [3.05, 3.63) is 90.0 Å². The van der Waals surface area contributed by atoms with Gasteiger partial charge >= 0.3 is 6.09 Å². The van der Waals surface area contributed by atoms with E-state index in [0.717, 1.165) is 11.3 Å². The van der Waals surface area contributed by atoms with Crippen molar-refractivity contribution in [3.63, 3.8) is 0 Å². The number of rotatable bonds is 4. The first-order chi connectivity index (χ1) is 12.6. The van der Waals surface area contributed by atoms with Gasteiger partial charge in [0.05, 0.1) is 0 Å². The second-order valence-electron chi connectivity index (χ2n) is 5.73. The van der Waals surface area contributed by atoms with E-state index in [1.165, 1.54) is 0 Å². The summed E-state index contributed by atoms with van der Waals surface area (Å²) < 4.78 is 5.16. The molecule has 26 heavy (non-hydrogen) atoms. The molecule has 0 saturated carbocycles. The summed E-state index contributed by atoms with van der Waals surface area (Å²) in [6.45, 7) is 1.96. The molecule has 0 aliphatic rings. The van der Waals surface area contributed by atoms with Gasteiger partial charge in [-0.1, -0.05) is 30.3 Å². The van der Waals surface area contributed by atoms with Crippen molar-refractivity contribution in [1.82, 2.24) is 0 Å². The summed E-state index contributed by atoms with van der Waals surface area (Å²) in [7, 11) is 0. The Labute approximate surface area is 151 Å². The van der Waals surface area contributed by atoms with E-state index in [2.05, 4.69) is 10.6 Å². The first-order valence-corrected chi connectivity index (χ1v) is 8.12. The number of nitrogens with one attached hydrogen (secondary N) is 2. The molecule has 0 spiro atoms. The monoisotopic (exact) mass is 346 g/mol. The number of carbonyl (C=O) groups is 2. The number of benzene rings is 3. The van der Waals surface area contributed by atoms with Gasteiger partial charge in [0, 0.05) is 16.9 Å². The van der Waals surface area contributed by atoms with Crippen LogP contribution in [0.5, 0.6) is 5.75 Å². The molecule has 5 heteroatoms. The predicted molar refractivity (Wildman–Crippen MR) is 102 cm³/mol. The molecule has 0 heterocycles. The minimum atomic E-state index is -0.590. The van der Waals surface area contributed by atoms with E-state index in [9.17, 15) is 9.59 Å². The maximum atomic E-state index is 12.3.